The van der Waals surface area contributed by atoms with Gasteiger partial charge in [-0.05, 0) is 42.7 Å². The van der Waals surface area contributed by atoms with Crippen molar-refractivity contribution in [1.29, 1.82) is 0 Å². The van der Waals surface area contributed by atoms with Crippen LogP contribution in [0.1, 0.15) is 23.7 Å². The van der Waals surface area contributed by atoms with Crippen molar-refractivity contribution in [2.45, 2.75) is 18.8 Å². The number of hydrogen-bond donors (Lipinski definition) is 2. The number of carbonyl (C=O) groups excluding carboxylic acids is 2. The van der Waals surface area contributed by atoms with Gasteiger partial charge in [0.2, 0.25) is 11.8 Å². The molecule has 0 spiro atoms. The predicted octanol–water partition coefficient (Wildman–Crippen LogP) is 1.98. The smallest absolute Gasteiger partial charge is 0.223 e. The van der Waals surface area contributed by atoms with Crippen molar-refractivity contribution in [3.05, 3.63) is 59.8 Å². The van der Waals surface area contributed by atoms with E-state index in [1.165, 1.54) is 12.1 Å². The van der Waals surface area contributed by atoms with E-state index in [2.05, 4.69) is 5.32 Å². The number of furan rings is 1. The average Bonchev–Trinajstić information content (AvgIpc) is 3.18. The van der Waals surface area contributed by atoms with Crippen molar-refractivity contribution in [2.75, 3.05) is 6.54 Å². The van der Waals surface area contributed by atoms with Gasteiger partial charge in [-0.3, -0.25) is 9.59 Å². The predicted molar refractivity (Wildman–Crippen MR) is 85.4 cm³/mol. The lowest BCUT2D eigenvalue weighted by Crippen LogP contribution is -2.38. The highest BCUT2D eigenvalue weighted by Gasteiger charge is 2.45. The van der Waals surface area contributed by atoms with Crippen LogP contribution in [0.2, 0.25) is 0 Å². The number of nitrogens with one attached hydrogen (secondary N) is 1. The molecule has 1 saturated carbocycles. The van der Waals surface area contributed by atoms with E-state index in [1.807, 2.05) is 6.07 Å². The second-order valence-electron chi connectivity index (χ2n) is 6.14. The SMILES string of the molecule is NC(=O)[C@H](CNC(=O)[C@@H]1C[C@H]1c1ccco1)Cc1ccc(F)cc1. The Kier molecular flexibility index (Phi) is 4.64. The molecule has 3 atom stereocenters. The molecule has 1 aliphatic rings. The lowest BCUT2D eigenvalue weighted by atomic mass is 9.98. The molecule has 126 valence electrons. The Bertz CT molecular complexity index is 712. The Labute approximate surface area is 139 Å². The third kappa shape index (κ3) is 3.82. The fourth-order valence-corrected chi connectivity index (χ4v) is 2.83. The lowest BCUT2D eigenvalue weighted by Gasteiger charge is -2.14. The number of hydrogen-bond acceptors (Lipinski definition) is 3. The van der Waals surface area contributed by atoms with Gasteiger partial charge in [-0.1, -0.05) is 12.1 Å². The van der Waals surface area contributed by atoms with E-state index in [4.69, 9.17) is 10.2 Å². The van der Waals surface area contributed by atoms with Crippen LogP contribution in [0.5, 0.6) is 0 Å². The number of amides is 2. The minimum atomic E-state index is -0.528. The summed E-state index contributed by atoms with van der Waals surface area (Å²) >= 11 is 0. The largest absolute Gasteiger partial charge is 0.469 e. The summed E-state index contributed by atoms with van der Waals surface area (Å²) in [4.78, 5) is 23.8. The van der Waals surface area contributed by atoms with Crippen molar-refractivity contribution in [3.63, 3.8) is 0 Å². The van der Waals surface area contributed by atoms with Gasteiger partial charge in [0.05, 0.1) is 12.2 Å². The lowest BCUT2D eigenvalue weighted by molar-refractivity contribution is -0.124. The molecule has 2 aromatic rings. The van der Waals surface area contributed by atoms with Gasteiger partial charge in [-0.25, -0.2) is 4.39 Å². The minimum absolute atomic E-state index is 0.0956. The normalized spacial score (nSPS) is 20.4. The van der Waals surface area contributed by atoms with Gasteiger partial charge in [0.15, 0.2) is 0 Å². The molecule has 2 amide bonds. The zero-order chi connectivity index (χ0) is 17.1. The van der Waals surface area contributed by atoms with Crippen LogP contribution in [0.4, 0.5) is 4.39 Å². The van der Waals surface area contributed by atoms with Crippen molar-refractivity contribution >= 4 is 11.8 Å². The highest BCUT2D eigenvalue weighted by Crippen LogP contribution is 2.47. The van der Waals surface area contributed by atoms with E-state index in [0.717, 1.165) is 17.7 Å². The van der Waals surface area contributed by atoms with Gasteiger partial charge < -0.3 is 15.5 Å². The molecule has 0 bridgehead atoms. The zero-order valence-corrected chi connectivity index (χ0v) is 13.1. The summed E-state index contributed by atoms with van der Waals surface area (Å²) in [6, 6.07) is 9.56. The third-order valence-electron chi connectivity index (χ3n) is 4.36. The molecule has 1 aliphatic carbocycles. The second kappa shape index (κ2) is 6.86. The molecular weight excluding hydrogens is 311 g/mol. The molecule has 3 rings (SSSR count). The van der Waals surface area contributed by atoms with Crippen molar-refractivity contribution in [3.8, 4) is 0 Å². The first-order valence-corrected chi connectivity index (χ1v) is 7.89. The first-order chi connectivity index (χ1) is 11.5. The molecule has 3 N–H and O–H groups in total. The fourth-order valence-electron chi connectivity index (χ4n) is 2.83. The molecule has 5 nitrogen and oxygen atoms in total. The maximum absolute atomic E-state index is 12.9. The molecule has 6 heteroatoms. The van der Waals surface area contributed by atoms with Crippen LogP contribution in [0, 0.1) is 17.7 Å². The zero-order valence-electron chi connectivity index (χ0n) is 13.1. The van der Waals surface area contributed by atoms with Crippen LogP contribution in [-0.4, -0.2) is 18.4 Å². The highest BCUT2D eigenvalue weighted by atomic mass is 19.1. The molecule has 1 heterocycles. The second-order valence-corrected chi connectivity index (χ2v) is 6.14. The van der Waals surface area contributed by atoms with Gasteiger partial charge in [-0.15, -0.1) is 0 Å². The van der Waals surface area contributed by atoms with Crippen molar-refractivity contribution in [2.24, 2.45) is 17.6 Å². The van der Waals surface area contributed by atoms with E-state index < -0.39 is 11.8 Å². The van der Waals surface area contributed by atoms with E-state index >= 15 is 0 Å². The van der Waals surface area contributed by atoms with Gasteiger partial charge in [-0.2, -0.15) is 0 Å². The standard InChI is InChI=1S/C18H19FN2O3/c19-13-5-3-11(4-6-13)8-12(17(20)22)10-21-18(23)15-9-14(15)16-2-1-7-24-16/h1-7,12,14-15H,8-10H2,(H2,20,22)(H,21,23)/t12-,14+,15+/m0/s1. The maximum atomic E-state index is 12.9. The van der Waals surface area contributed by atoms with E-state index in [-0.39, 0.29) is 30.1 Å². The van der Waals surface area contributed by atoms with Gasteiger partial charge in [0, 0.05) is 18.4 Å². The Hall–Kier alpha value is -2.63. The number of halogens is 1. The van der Waals surface area contributed by atoms with Crippen LogP contribution in [0.3, 0.4) is 0 Å². The van der Waals surface area contributed by atoms with Gasteiger partial charge >= 0.3 is 0 Å². The summed E-state index contributed by atoms with van der Waals surface area (Å²) in [6.45, 7) is 0.174. The third-order valence-corrected chi connectivity index (χ3v) is 4.36. The summed E-state index contributed by atoms with van der Waals surface area (Å²) in [7, 11) is 0. The quantitative estimate of drug-likeness (QED) is 0.814. The summed E-state index contributed by atoms with van der Waals surface area (Å²) < 4.78 is 18.2. The summed E-state index contributed by atoms with van der Waals surface area (Å²) in [5, 5.41) is 2.79. The van der Waals surface area contributed by atoms with E-state index in [9.17, 15) is 14.0 Å². The highest BCUT2D eigenvalue weighted by molar-refractivity contribution is 5.84. The Morgan fingerprint density at radius 2 is 2.04 bits per heavy atom. The number of primary amides is 1. The maximum Gasteiger partial charge on any atom is 0.223 e. The Morgan fingerprint density at radius 3 is 2.67 bits per heavy atom. The van der Waals surface area contributed by atoms with Crippen LogP contribution >= 0.6 is 0 Å². The number of nitrogens with two attached hydrogens (primary N) is 1. The summed E-state index contributed by atoms with van der Waals surface area (Å²) in [6.07, 6.45) is 2.70. The first-order valence-electron chi connectivity index (χ1n) is 7.89. The van der Waals surface area contributed by atoms with Crippen LogP contribution < -0.4 is 11.1 Å². The van der Waals surface area contributed by atoms with Crippen LogP contribution in [0.25, 0.3) is 0 Å². The minimum Gasteiger partial charge on any atom is -0.469 e. The molecule has 24 heavy (non-hydrogen) atoms. The molecule has 1 fully saturated rings. The summed E-state index contributed by atoms with van der Waals surface area (Å²) in [5.74, 6) is -0.632. The van der Waals surface area contributed by atoms with Gasteiger partial charge in [0.1, 0.15) is 11.6 Å². The molecule has 0 radical (unpaired) electrons. The monoisotopic (exact) mass is 330 g/mol. The number of carbonyl (C=O) groups is 2. The fraction of sp³-hybridized carbons (Fsp3) is 0.333. The molecule has 1 aromatic heterocycles. The molecular formula is C18H19FN2O3. The topological polar surface area (TPSA) is 85.3 Å². The number of benzene rings is 1. The number of rotatable bonds is 7. The first kappa shape index (κ1) is 16.2. The van der Waals surface area contributed by atoms with E-state index in [1.54, 1.807) is 24.5 Å². The molecule has 0 unspecified atom stereocenters. The summed E-state index contributed by atoms with van der Waals surface area (Å²) in [5.41, 5.74) is 6.22. The van der Waals surface area contributed by atoms with Crippen LogP contribution in [-0.2, 0) is 16.0 Å². The molecule has 0 saturated heterocycles. The molecule has 1 aromatic carbocycles. The van der Waals surface area contributed by atoms with Crippen molar-refractivity contribution < 1.29 is 18.4 Å². The molecule has 0 aliphatic heterocycles. The van der Waals surface area contributed by atoms with Crippen LogP contribution in [0.15, 0.2) is 47.1 Å². The Balaban J connectivity index is 1.52. The average molecular weight is 330 g/mol. The Morgan fingerprint density at radius 1 is 1.29 bits per heavy atom. The van der Waals surface area contributed by atoms with E-state index in [0.29, 0.717) is 6.42 Å². The van der Waals surface area contributed by atoms with Crippen molar-refractivity contribution in [1.82, 2.24) is 5.32 Å². The van der Waals surface area contributed by atoms with Gasteiger partial charge in [0.25, 0.3) is 0 Å².